The van der Waals surface area contributed by atoms with Crippen LogP contribution < -0.4 is 10.5 Å². The third kappa shape index (κ3) is 2.73. The summed E-state index contributed by atoms with van der Waals surface area (Å²) < 4.78 is 30.9. The zero-order valence-corrected chi connectivity index (χ0v) is 9.33. The van der Waals surface area contributed by atoms with E-state index >= 15 is 0 Å². The van der Waals surface area contributed by atoms with Gasteiger partial charge in [0.1, 0.15) is 12.4 Å². The third-order valence-electron chi connectivity index (χ3n) is 3.08. The number of halogens is 2. The number of rotatable bonds is 5. The number of hydrogen-bond donors (Lipinski definition) is 2. The van der Waals surface area contributed by atoms with Crippen molar-refractivity contribution in [2.45, 2.75) is 18.4 Å². The molecule has 17 heavy (non-hydrogen) atoms. The molecule has 3 nitrogen and oxygen atoms in total. The molecular formula is C12H15F2NO2. The van der Waals surface area contributed by atoms with Gasteiger partial charge in [-0.05, 0) is 30.9 Å². The Hall–Kier alpha value is -1.20. The van der Waals surface area contributed by atoms with Crippen LogP contribution in [0.5, 0.6) is 5.75 Å². The Morgan fingerprint density at radius 1 is 1.35 bits per heavy atom. The highest BCUT2D eigenvalue weighted by molar-refractivity contribution is 5.24. The van der Waals surface area contributed by atoms with Crippen LogP contribution in [0.1, 0.15) is 12.8 Å². The van der Waals surface area contributed by atoms with Crippen LogP contribution in [0.2, 0.25) is 0 Å². The quantitative estimate of drug-likeness (QED) is 0.822. The van der Waals surface area contributed by atoms with Gasteiger partial charge >= 0.3 is 0 Å². The molecule has 1 aromatic carbocycles. The summed E-state index contributed by atoms with van der Waals surface area (Å²) >= 11 is 0. The number of aliphatic hydroxyl groups excluding tert-OH is 1. The van der Waals surface area contributed by atoms with Gasteiger partial charge in [0.05, 0.1) is 12.1 Å². The van der Waals surface area contributed by atoms with E-state index in [-0.39, 0.29) is 24.9 Å². The molecule has 2 rings (SSSR count). The average molecular weight is 243 g/mol. The Morgan fingerprint density at radius 2 is 2.06 bits per heavy atom. The molecule has 94 valence electrons. The standard InChI is InChI=1S/C12H15F2NO2/c13-10-4-3-9(5-11(10)14)17-7-12(15,6-16)8-1-2-8/h3-5,8,16H,1-2,6-7,15H2. The minimum absolute atomic E-state index is 0.0965. The second-order valence-corrected chi connectivity index (χ2v) is 4.53. The first kappa shape index (κ1) is 12.3. The molecule has 5 heteroatoms. The second kappa shape index (κ2) is 4.58. The van der Waals surface area contributed by atoms with Crippen LogP contribution in [0.4, 0.5) is 8.78 Å². The molecule has 1 aliphatic rings. The van der Waals surface area contributed by atoms with E-state index in [0.29, 0.717) is 0 Å². The normalized spacial score (nSPS) is 18.8. The van der Waals surface area contributed by atoms with Gasteiger partial charge in [-0.15, -0.1) is 0 Å². The SMILES string of the molecule is NC(CO)(COc1ccc(F)c(F)c1)C1CC1. The van der Waals surface area contributed by atoms with E-state index in [0.717, 1.165) is 25.0 Å². The molecule has 0 radical (unpaired) electrons. The molecule has 0 heterocycles. The van der Waals surface area contributed by atoms with Gasteiger partial charge in [0, 0.05) is 6.07 Å². The van der Waals surface area contributed by atoms with Crippen LogP contribution in [0.3, 0.4) is 0 Å². The molecule has 0 aromatic heterocycles. The fourth-order valence-corrected chi connectivity index (χ4v) is 1.74. The summed E-state index contributed by atoms with van der Waals surface area (Å²) in [5.41, 5.74) is 5.19. The molecule has 3 N–H and O–H groups in total. The number of hydrogen-bond acceptors (Lipinski definition) is 3. The fourth-order valence-electron chi connectivity index (χ4n) is 1.74. The summed E-state index contributed by atoms with van der Waals surface area (Å²) in [7, 11) is 0. The lowest BCUT2D eigenvalue weighted by Crippen LogP contribution is -2.51. The van der Waals surface area contributed by atoms with E-state index in [1.165, 1.54) is 6.07 Å². The van der Waals surface area contributed by atoms with E-state index in [2.05, 4.69) is 0 Å². The minimum Gasteiger partial charge on any atom is -0.491 e. The lowest BCUT2D eigenvalue weighted by molar-refractivity contribution is 0.116. The summed E-state index contributed by atoms with van der Waals surface area (Å²) in [6.45, 7) is -0.0828. The Kier molecular flexibility index (Phi) is 3.31. The van der Waals surface area contributed by atoms with Gasteiger partial charge in [-0.25, -0.2) is 8.78 Å². The van der Waals surface area contributed by atoms with Crippen LogP contribution in [0.15, 0.2) is 18.2 Å². The zero-order valence-electron chi connectivity index (χ0n) is 9.33. The first-order valence-electron chi connectivity index (χ1n) is 5.53. The lowest BCUT2D eigenvalue weighted by Gasteiger charge is -2.27. The molecule has 0 bridgehead atoms. The highest BCUT2D eigenvalue weighted by atomic mass is 19.2. The van der Waals surface area contributed by atoms with Crippen LogP contribution in [-0.4, -0.2) is 23.9 Å². The van der Waals surface area contributed by atoms with Crippen molar-refractivity contribution in [3.63, 3.8) is 0 Å². The Bertz CT molecular complexity index is 409. The van der Waals surface area contributed by atoms with Crippen molar-refractivity contribution in [2.24, 2.45) is 11.7 Å². The topological polar surface area (TPSA) is 55.5 Å². The van der Waals surface area contributed by atoms with Crippen molar-refractivity contribution < 1.29 is 18.6 Å². The van der Waals surface area contributed by atoms with Crippen molar-refractivity contribution in [1.82, 2.24) is 0 Å². The molecule has 0 aliphatic heterocycles. The van der Waals surface area contributed by atoms with E-state index in [1.807, 2.05) is 0 Å². The Balaban J connectivity index is 1.98. The fraction of sp³-hybridized carbons (Fsp3) is 0.500. The van der Waals surface area contributed by atoms with Crippen molar-refractivity contribution in [2.75, 3.05) is 13.2 Å². The molecule has 0 saturated heterocycles. The molecular weight excluding hydrogens is 228 g/mol. The molecule has 1 aromatic rings. The van der Waals surface area contributed by atoms with Gasteiger partial charge < -0.3 is 15.6 Å². The Morgan fingerprint density at radius 3 is 2.59 bits per heavy atom. The minimum atomic E-state index is -0.958. The number of aliphatic hydroxyl groups is 1. The second-order valence-electron chi connectivity index (χ2n) is 4.53. The monoisotopic (exact) mass is 243 g/mol. The summed E-state index contributed by atoms with van der Waals surface area (Å²) in [5.74, 6) is -1.41. The molecule has 1 atom stereocenters. The summed E-state index contributed by atoms with van der Waals surface area (Å²) in [5, 5.41) is 9.23. The summed E-state index contributed by atoms with van der Waals surface area (Å²) in [6, 6.07) is 3.31. The van der Waals surface area contributed by atoms with Crippen LogP contribution >= 0.6 is 0 Å². The first-order valence-corrected chi connectivity index (χ1v) is 5.53. The lowest BCUT2D eigenvalue weighted by atomic mass is 9.97. The maximum absolute atomic E-state index is 12.9. The highest BCUT2D eigenvalue weighted by Gasteiger charge is 2.42. The third-order valence-corrected chi connectivity index (χ3v) is 3.08. The predicted molar refractivity (Wildman–Crippen MR) is 58.6 cm³/mol. The van der Waals surface area contributed by atoms with Crippen LogP contribution in [0, 0.1) is 17.6 Å². The van der Waals surface area contributed by atoms with Gasteiger partial charge in [0.25, 0.3) is 0 Å². The smallest absolute Gasteiger partial charge is 0.162 e. The summed E-state index contributed by atoms with van der Waals surface area (Å²) in [6.07, 6.45) is 1.94. The van der Waals surface area contributed by atoms with E-state index in [9.17, 15) is 13.9 Å². The largest absolute Gasteiger partial charge is 0.491 e. The van der Waals surface area contributed by atoms with Crippen molar-refractivity contribution in [3.05, 3.63) is 29.8 Å². The molecule has 1 unspecified atom stereocenters. The molecule has 0 spiro atoms. The van der Waals surface area contributed by atoms with Gasteiger partial charge in [-0.3, -0.25) is 0 Å². The summed E-state index contributed by atoms with van der Waals surface area (Å²) in [4.78, 5) is 0. The van der Waals surface area contributed by atoms with Gasteiger partial charge in [-0.2, -0.15) is 0 Å². The van der Waals surface area contributed by atoms with Crippen molar-refractivity contribution >= 4 is 0 Å². The molecule has 0 amide bonds. The van der Waals surface area contributed by atoms with E-state index in [4.69, 9.17) is 10.5 Å². The molecule has 1 aliphatic carbocycles. The van der Waals surface area contributed by atoms with Gasteiger partial charge in [0.2, 0.25) is 0 Å². The zero-order chi connectivity index (χ0) is 12.5. The van der Waals surface area contributed by atoms with Gasteiger partial charge in [-0.1, -0.05) is 0 Å². The van der Waals surface area contributed by atoms with E-state index < -0.39 is 17.2 Å². The molecule has 1 saturated carbocycles. The predicted octanol–water partition coefficient (Wildman–Crippen LogP) is 1.44. The number of benzene rings is 1. The van der Waals surface area contributed by atoms with Crippen molar-refractivity contribution in [1.29, 1.82) is 0 Å². The molecule has 1 fully saturated rings. The first-order chi connectivity index (χ1) is 8.05. The number of nitrogens with two attached hydrogens (primary N) is 1. The average Bonchev–Trinajstić information content (AvgIpc) is 3.14. The van der Waals surface area contributed by atoms with Crippen molar-refractivity contribution in [3.8, 4) is 5.75 Å². The maximum atomic E-state index is 12.9. The number of ether oxygens (including phenoxy) is 1. The van der Waals surface area contributed by atoms with Crippen LogP contribution in [0.25, 0.3) is 0 Å². The maximum Gasteiger partial charge on any atom is 0.162 e. The van der Waals surface area contributed by atoms with Crippen LogP contribution in [-0.2, 0) is 0 Å². The van der Waals surface area contributed by atoms with Gasteiger partial charge in [0.15, 0.2) is 11.6 Å². The van der Waals surface area contributed by atoms with E-state index in [1.54, 1.807) is 0 Å². The highest BCUT2D eigenvalue weighted by Crippen LogP contribution is 2.38. The Labute approximate surface area is 98.2 Å².